The monoisotopic (exact) mass is 348 g/mol. The molecular weight excluding hydrogens is 328 g/mol. The first kappa shape index (κ1) is 16.3. The first-order valence-electron chi connectivity index (χ1n) is 8.62. The molecule has 7 heteroatoms. The maximum absolute atomic E-state index is 11.9. The van der Waals surface area contributed by atoms with E-state index in [1.807, 2.05) is 54.6 Å². The molecule has 0 unspecified atom stereocenters. The Kier molecular flexibility index (Phi) is 4.12. The number of anilines is 1. The van der Waals surface area contributed by atoms with Gasteiger partial charge in [-0.25, -0.2) is 0 Å². The number of aromatic nitrogens is 4. The zero-order chi connectivity index (χ0) is 18.1. The van der Waals surface area contributed by atoms with Crippen molar-refractivity contribution < 1.29 is 4.79 Å². The molecule has 1 aromatic heterocycles. The van der Waals surface area contributed by atoms with Crippen LogP contribution in [0.15, 0.2) is 54.6 Å². The number of fused-ring (bicyclic) bond motifs is 1. The number of carbonyl (C=O) groups is 1. The predicted octanol–water partition coefficient (Wildman–Crippen LogP) is 2.03. The van der Waals surface area contributed by atoms with Gasteiger partial charge in [0.25, 0.3) is 0 Å². The number of benzene rings is 2. The molecule has 1 amide bonds. The fourth-order valence-electron chi connectivity index (χ4n) is 3.61. The molecular formula is C19H20N6O. The van der Waals surface area contributed by atoms with Crippen LogP contribution in [0.2, 0.25) is 0 Å². The topological polar surface area (TPSA) is 89.9 Å². The van der Waals surface area contributed by atoms with Crippen LogP contribution in [0.25, 0.3) is 5.69 Å². The van der Waals surface area contributed by atoms with Crippen molar-refractivity contribution in [2.75, 3.05) is 4.90 Å². The molecule has 2 N–H and O–H groups in total. The van der Waals surface area contributed by atoms with E-state index in [9.17, 15) is 4.79 Å². The molecule has 0 bridgehead atoms. The smallest absolute Gasteiger partial charge is 0.225 e. The van der Waals surface area contributed by atoms with Crippen molar-refractivity contribution in [3.63, 3.8) is 0 Å². The molecule has 2 heterocycles. The fourth-order valence-corrected chi connectivity index (χ4v) is 3.61. The molecule has 0 fully saturated rings. The molecule has 132 valence electrons. The average molecular weight is 348 g/mol. The number of rotatable bonds is 4. The highest BCUT2D eigenvalue weighted by Gasteiger charge is 2.33. The van der Waals surface area contributed by atoms with Crippen LogP contribution in [-0.2, 0) is 11.3 Å². The zero-order valence-electron chi connectivity index (χ0n) is 14.5. The number of primary amides is 1. The summed E-state index contributed by atoms with van der Waals surface area (Å²) in [6.07, 6.45) is 0.680. The number of hydrogen-bond donors (Lipinski definition) is 1. The minimum absolute atomic E-state index is 0.142. The molecule has 0 radical (unpaired) electrons. The van der Waals surface area contributed by atoms with Gasteiger partial charge in [0.05, 0.1) is 18.2 Å². The Morgan fingerprint density at radius 2 is 1.88 bits per heavy atom. The highest BCUT2D eigenvalue weighted by molar-refractivity contribution is 5.85. The number of carbonyl (C=O) groups excluding carboxylic acids is 1. The summed E-state index contributed by atoms with van der Waals surface area (Å²) < 4.78 is 1.75. The van der Waals surface area contributed by atoms with Crippen LogP contribution in [-0.4, -0.2) is 32.2 Å². The van der Waals surface area contributed by atoms with Gasteiger partial charge < -0.3 is 10.6 Å². The largest absolute Gasteiger partial charge is 0.369 e. The van der Waals surface area contributed by atoms with Gasteiger partial charge in [0.2, 0.25) is 5.91 Å². The average Bonchev–Trinajstić information content (AvgIpc) is 3.12. The van der Waals surface area contributed by atoms with Gasteiger partial charge in [-0.2, -0.15) is 4.68 Å². The van der Waals surface area contributed by atoms with E-state index in [0.717, 1.165) is 22.8 Å². The highest BCUT2D eigenvalue weighted by Crippen LogP contribution is 2.38. The summed E-state index contributed by atoms with van der Waals surface area (Å²) in [6, 6.07) is 17.9. The molecule has 26 heavy (non-hydrogen) atoms. The summed E-state index contributed by atoms with van der Waals surface area (Å²) in [4.78, 5) is 14.1. The number of para-hydroxylation sites is 2. The standard InChI is InChI=1S/C19H20N6O/c1-13-11-16(19(20)26)15-9-5-6-10-17(15)24(13)12-18-21-22-23-25(18)14-7-3-2-4-8-14/h2-10,13,16H,11-12H2,1H3,(H2,20,26)/t13-,16-/m0/s1. The van der Waals surface area contributed by atoms with Crippen molar-refractivity contribution in [1.82, 2.24) is 20.2 Å². The second kappa shape index (κ2) is 6.59. The van der Waals surface area contributed by atoms with Crippen molar-refractivity contribution in [3.8, 4) is 5.69 Å². The zero-order valence-corrected chi connectivity index (χ0v) is 14.5. The lowest BCUT2D eigenvalue weighted by atomic mass is 9.85. The van der Waals surface area contributed by atoms with Gasteiger partial charge in [0.15, 0.2) is 5.82 Å². The Morgan fingerprint density at radius 1 is 1.15 bits per heavy atom. The van der Waals surface area contributed by atoms with Gasteiger partial charge in [0, 0.05) is 11.7 Å². The lowest BCUT2D eigenvalue weighted by Crippen LogP contribution is -2.41. The normalized spacial score (nSPS) is 19.2. The lowest BCUT2D eigenvalue weighted by molar-refractivity contribution is -0.119. The molecule has 2 atom stereocenters. The number of amides is 1. The number of nitrogens with zero attached hydrogens (tertiary/aromatic N) is 5. The van der Waals surface area contributed by atoms with E-state index in [4.69, 9.17) is 5.73 Å². The maximum atomic E-state index is 11.9. The molecule has 7 nitrogen and oxygen atoms in total. The molecule has 0 spiro atoms. The van der Waals surface area contributed by atoms with Gasteiger partial charge >= 0.3 is 0 Å². The molecule has 0 aliphatic carbocycles. The van der Waals surface area contributed by atoms with Crippen LogP contribution in [0.5, 0.6) is 0 Å². The SMILES string of the molecule is C[C@H]1C[C@H](C(N)=O)c2ccccc2N1Cc1nnnn1-c1ccccc1. The van der Waals surface area contributed by atoms with Crippen LogP contribution >= 0.6 is 0 Å². The minimum atomic E-state index is -0.280. The number of tetrazole rings is 1. The highest BCUT2D eigenvalue weighted by atomic mass is 16.1. The summed E-state index contributed by atoms with van der Waals surface area (Å²) in [5.41, 5.74) is 8.53. The van der Waals surface area contributed by atoms with E-state index in [1.165, 1.54) is 0 Å². The van der Waals surface area contributed by atoms with Crippen molar-refractivity contribution in [3.05, 3.63) is 66.0 Å². The van der Waals surface area contributed by atoms with E-state index < -0.39 is 0 Å². The Labute approximate surface area is 151 Å². The number of hydrogen-bond acceptors (Lipinski definition) is 5. The van der Waals surface area contributed by atoms with Crippen molar-refractivity contribution in [1.29, 1.82) is 0 Å². The number of nitrogens with two attached hydrogens (primary N) is 1. The Bertz CT molecular complexity index is 923. The van der Waals surface area contributed by atoms with Gasteiger partial charge in [-0.15, -0.1) is 5.10 Å². The van der Waals surface area contributed by atoms with Gasteiger partial charge in [-0.05, 0) is 47.5 Å². The van der Waals surface area contributed by atoms with Crippen molar-refractivity contribution >= 4 is 11.6 Å². The van der Waals surface area contributed by atoms with Crippen LogP contribution in [0, 0.1) is 0 Å². The van der Waals surface area contributed by atoms with E-state index in [1.54, 1.807) is 4.68 Å². The van der Waals surface area contributed by atoms with Crippen LogP contribution in [0.1, 0.15) is 30.7 Å². The van der Waals surface area contributed by atoms with Crippen molar-refractivity contribution in [2.45, 2.75) is 31.8 Å². The van der Waals surface area contributed by atoms with Gasteiger partial charge in [-0.3, -0.25) is 4.79 Å². The van der Waals surface area contributed by atoms with Crippen molar-refractivity contribution in [2.24, 2.45) is 5.73 Å². The lowest BCUT2D eigenvalue weighted by Gasteiger charge is -2.39. The fraction of sp³-hybridized carbons (Fsp3) is 0.263. The van der Waals surface area contributed by atoms with Crippen LogP contribution in [0.3, 0.4) is 0 Å². The molecule has 1 aliphatic heterocycles. The van der Waals surface area contributed by atoms with Gasteiger partial charge in [0.1, 0.15) is 0 Å². The van der Waals surface area contributed by atoms with E-state index in [2.05, 4.69) is 27.3 Å². The van der Waals surface area contributed by atoms with E-state index >= 15 is 0 Å². The van der Waals surface area contributed by atoms with E-state index in [-0.39, 0.29) is 17.9 Å². The second-order valence-electron chi connectivity index (χ2n) is 6.57. The third-order valence-electron chi connectivity index (χ3n) is 4.92. The third kappa shape index (κ3) is 2.81. The summed E-state index contributed by atoms with van der Waals surface area (Å²) in [5.74, 6) is 0.205. The molecule has 0 saturated heterocycles. The molecule has 2 aromatic carbocycles. The second-order valence-corrected chi connectivity index (χ2v) is 6.57. The summed E-state index contributed by atoms with van der Waals surface area (Å²) in [6.45, 7) is 2.65. The van der Waals surface area contributed by atoms with Gasteiger partial charge in [-0.1, -0.05) is 36.4 Å². The molecule has 3 aromatic rings. The molecule has 0 saturated carbocycles. The molecule has 1 aliphatic rings. The summed E-state index contributed by atoms with van der Waals surface area (Å²) in [5, 5.41) is 12.2. The summed E-state index contributed by atoms with van der Waals surface area (Å²) >= 11 is 0. The van der Waals surface area contributed by atoms with Crippen LogP contribution < -0.4 is 10.6 Å². The quantitative estimate of drug-likeness (QED) is 0.779. The Morgan fingerprint density at radius 3 is 2.65 bits per heavy atom. The summed E-state index contributed by atoms with van der Waals surface area (Å²) in [7, 11) is 0. The predicted molar refractivity (Wildman–Crippen MR) is 97.8 cm³/mol. The maximum Gasteiger partial charge on any atom is 0.225 e. The third-order valence-corrected chi connectivity index (χ3v) is 4.92. The molecule has 4 rings (SSSR count). The van der Waals surface area contributed by atoms with E-state index in [0.29, 0.717) is 13.0 Å². The minimum Gasteiger partial charge on any atom is -0.369 e. The Balaban J connectivity index is 1.70. The Hall–Kier alpha value is -3.22. The first-order chi connectivity index (χ1) is 12.6. The van der Waals surface area contributed by atoms with Crippen LogP contribution in [0.4, 0.5) is 5.69 Å². The first-order valence-corrected chi connectivity index (χ1v) is 8.62.